The lowest BCUT2D eigenvalue weighted by Crippen LogP contribution is -2.51. The third kappa shape index (κ3) is 4.24. The van der Waals surface area contributed by atoms with E-state index in [2.05, 4.69) is 0 Å². The molecule has 0 radical (unpaired) electrons. The number of halogens is 3. The Balaban J connectivity index is 1.77. The zero-order valence-electron chi connectivity index (χ0n) is 19.1. The maximum Gasteiger partial charge on any atom is 0.424 e. The van der Waals surface area contributed by atoms with E-state index in [-0.39, 0.29) is 0 Å². The Morgan fingerprint density at radius 1 is 0.686 bits per heavy atom. The molecular formula is C30H24F3NO. The average Bonchev–Trinajstić information content (AvgIpc) is 3.28. The standard InChI is InChI=1S/C30H24F3NO/c1-22-17-19-23(20-18-22)27-21-29(30(31,32)33,35-34(27)26-15-9-4-10-16-26)28(24-11-5-2-6-12-24)25-13-7-3-8-14-25/h2-21,28H,1H3. The zero-order chi connectivity index (χ0) is 24.5. The van der Waals surface area contributed by atoms with Crippen LogP contribution in [0.2, 0.25) is 0 Å². The first-order valence-corrected chi connectivity index (χ1v) is 11.4. The van der Waals surface area contributed by atoms with Gasteiger partial charge in [-0.25, -0.2) is 9.90 Å². The first-order chi connectivity index (χ1) is 16.9. The van der Waals surface area contributed by atoms with Gasteiger partial charge in [0, 0.05) is 5.56 Å². The van der Waals surface area contributed by atoms with Gasteiger partial charge in [0.1, 0.15) is 0 Å². The van der Waals surface area contributed by atoms with Crippen molar-refractivity contribution in [2.45, 2.75) is 24.6 Å². The number of benzene rings is 4. The van der Waals surface area contributed by atoms with Crippen LogP contribution in [0, 0.1) is 6.92 Å². The van der Waals surface area contributed by atoms with Gasteiger partial charge in [0.05, 0.1) is 17.3 Å². The van der Waals surface area contributed by atoms with Crippen molar-refractivity contribution in [3.8, 4) is 0 Å². The highest BCUT2D eigenvalue weighted by molar-refractivity contribution is 5.81. The summed E-state index contributed by atoms with van der Waals surface area (Å²) in [6.45, 7) is 1.94. The van der Waals surface area contributed by atoms with Crippen LogP contribution in [0.5, 0.6) is 0 Å². The summed E-state index contributed by atoms with van der Waals surface area (Å²) in [5, 5.41) is 1.32. The van der Waals surface area contributed by atoms with E-state index >= 15 is 13.2 Å². The third-order valence-electron chi connectivity index (χ3n) is 6.29. The molecule has 1 atom stereocenters. The molecule has 0 aromatic heterocycles. The number of hydrogen-bond acceptors (Lipinski definition) is 2. The van der Waals surface area contributed by atoms with Crippen LogP contribution in [0.3, 0.4) is 0 Å². The van der Waals surface area contributed by atoms with Gasteiger partial charge >= 0.3 is 6.18 Å². The summed E-state index contributed by atoms with van der Waals surface area (Å²) in [4.78, 5) is 6.08. The molecule has 0 fully saturated rings. The van der Waals surface area contributed by atoms with E-state index in [1.165, 1.54) is 11.1 Å². The Bertz CT molecular complexity index is 1260. The van der Waals surface area contributed by atoms with Crippen LogP contribution in [0.25, 0.3) is 5.70 Å². The number of anilines is 1. The Hall–Kier alpha value is -3.83. The van der Waals surface area contributed by atoms with E-state index in [0.717, 1.165) is 5.56 Å². The number of nitrogens with zero attached hydrogens (tertiary/aromatic N) is 1. The first kappa shape index (κ1) is 22.9. The Labute approximate surface area is 202 Å². The van der Waals surface area contributed by atoms with Gasteiger partial charge in [-0.3, -0.25) is 0 Å². The van der Waals surface area contributed by atoms with Crippen molar-refractivity contribution in [1.82, 2.24) is 0 Å². The molecule has 4 aromatic carbocycles. The fourth-order valence-corrected chi connectivity index (χ4v) is 4.58. The molecule has 1 aliphatic rings. The van der Waals surface area contributed by atoms with Crippen molar-refractivity contribution in [1.29, 1.82) is 0 Å². The SMILES string of the molecule is Cc1ccc(C2=CC(C(c3ccccc3)c3ccccc3)(C(F)(F)F)ON2c2ccccc2)cc1. The molecule has 0 aliphatic carbocycles. The summed E-state index contributed by atoms with van der Waals surface area (Å²) in [6.07, 6.45) is -3.47. The van der Waals surface area contributed by atoms with E-state index in [0.29, 0.717) is 28.1 Å². The second kappa shape index (κ2) is 9.08. The Morgan fingerprint density at radius 2 is 1.17 bits per heavy atom. The maximum absolute atomic E-state index is 15.3. The molecule has 0 saturated heterocycles. The average molecular weight is 472 g/mol. The summed E-state index contributed by atoms with van der Waals surface area (Å²) in [7, 11) is 0. The molecule has 0 amide bonds. The van der Waals surface area contributed by atoms with Gasteiger partial charge in [0.25, 0.3) is 0 Å². The van der Waals surface area contributed by atoms with Crippen LogP contribution in [-0.4, -0.2) is 11.8 Å². The molecule has 4 aromatic rings. The molecule has 0 spiro atoms. The molecule has 0 bridgehead atoms. The highest BCUT2D eigenvalue weighted by Crippen LogP contribution is 2.54. The van der Waals surface area contributed by atoms with Gasteiger partial charge in [0.2, 0.25) is 5.60 Å². The predicted octanol–water partition coefficient (Wildman–Crippen LogP) is 7.92. The van der Waals surface area contributed by atoms with Crippen molar-refractivity contribution in [3.63, 3.8) is 0 Å². The highest BCUT2D eigenvalue weighted by atomic mass is 19.4. The third-order valence-corrected chi connectivity index (χ3v) is 6.29. The molecule has 5 heteroatoms. The van der Waals surface area contributed by atoms with Crippen LogP contribution >= 0.6 is 0 Å². The van der Waals surface area contributed by atoms with Crippen LogP contribution in [0.4, 0.5) is 18.9 Å². The zero-order valence-corrected chi connectivity index (χ0v) is 19.1. The molecule has 5 rings (SSSR count). The van der Waals surface area contributed by atoms with E-state index in [9.17, 15) is 0 Å². The van der Waals surface area contributed by atoms with Gasteiger partial charge in [0.15, 0.2) is 0 Å². The second-order valence-corrected chi connectivity index (χ2v) is 8.66. The molecule has 2 nitrogen and oxygen atoms in total. The lowest BCUT2D eigenvalue weighted by Gasteiger charge is -2.38. The minimum atomic E-state index is -4.72. The summed E-state index contributed by atoms with van der Waals surface area (Å²) >= 11 is 0. The molecule has 35 heavy (non-hydrogen) atoms. The first-order valence-electron chi connectivity index (χ1n) is 11.4. The van der Waals surface area contributed by atoms with Gasteiger partial charge in [-0.1, -0.05) is 109 Å². The number of hydrogen-bond donors (Lipinski definition) is 0. The molecular weight excluding hydrogens is 447 g/mol. The normalized spacial score (nSPS) is 18.1. The van der Waals surface area contributed by atoms with Crippen LogP contribution < -0.4 is 5.06 Å². The maximum atomic E-state index is 15.3. The van der Waals surface area contributed by atoms with E-state index in [1.54, 1.807) is 84.9 Å². The minimum Gasteiger partial charge on any atom is -0.247 e. The highest BCUT2D eigenvalue weighted by Gasteiger charge is 2.65. The molecule has 1 unspecified atom stereocenters. The fourth-order valence-electron chi connectivity index (χ4n) is 4.58. The summed E-state index contributed by atoms with van der Waals surface area (Å²) in [6, 6.07) is 33.8. The Morgan fingerprint density at radius 3 is 1.66 bits per heavy atom. The van der Waals surface area contributed by atoms with E-state index in [4.69, 9.17) is 4.84 Å². The smallest absolute Gasteiger partial charge is 0.247 e. The van der Waals surface area contributed by atoms with Gasteiger partial charge in [-0.2, -0.15) is 13.2 Å². The predicted molar refractivity (Wildman–Crippen MR) is 133 cm³/mol. The quantitative estimate of drug-likeness (QED) is 0.293. The number of rotatable bonds is 5. The van der Waals surface area contributed by atoms with Crippen molar-refractivity contribution in [2.75, 3.05) is 5.06 Å². The number of para-hydroxylation sites is 1. The molecule has 0 saturated carbocycles. The van der Waals surface area contributed by atoms with E-state index in [1.807, 2.05) is 37.3 Å². The molecule has 1 aliphatic heterocycles. The largest absolute Gasteiger partial charge is 0.424 e. The molecule has 1 heterocycles. The van der Waals surface area contributed by atoms with Crippen molar-refractivity contribution < 1.29 is 18.0 Å². The second-order valence-electron chi connectivity index (χ2n) is 8.66. The number of hydroxylamine groups is 1. The minimum absolute atomic E-state index is 0.352. The van der Waals surface area contributed by atoms with Crippen LogP contribution in [0.1, 0.15) is 28.2 Å². The lowest BCUT2D eigenvalue weighted by molar-refractivity contribution is -0.257. The van der Waals surface area contributed by atoms with Gasteiger partial charge < -0.3 is 0 Å². The summed E-state index contributed by atoms with van der Waals surface area (Å²) in [5.74, 6) is -1.13. The summed E-state index contributed by atoms with van der Waals surface area (Å²) < 4.78 is 45.8. The number of alkyl halides is 3. The van der Waals surface area contributed by atoms with Crippen molar-refractivity contribution in [2.24, 2.45) is 0 Å². The van der Waals surface area contributed by atoms with Crippen LogP contribution in [-0.2, 0) is 4.84 Å². The van der Waals surface area contributed by atoms with Gasteiger partial charge in [-0.15, -0.1) is 0 Å². The van der Waals surface area contributed by atoms with E-state index < -0.39 is 17.7 Å². The van der Waals surface area contributed by atoms with Crippen molar-refractivity contribution >= 4 is 11.4 Å². The van der Waals surface area contributed by atoms with Gasteiger partial charge in [-0.05, 0) is 36.3 Å². The lowest BCUT2D eigenvalue weighted by atomic mass is 9.76. The topological polar surface area (TPSA) is 12.5 Å². The molecule has 0 N–H and O–H groups in total. The number of aryl methyl sites for hydroxylation is 1. The Kier molecular flexibility index (Phi) is 5.95. The molecule has 176 valence electrons. The summed E-state index contributed by atoms with van der Waals surface area (Å²) in [5.41, 5.74) is 0.941. The van der Waals surface area contributed by atoms with Crippen molar-refractivity contribution in [3.05, 3.63) is 144 Å². The monoisotopic (exact) mass is 471 g/mol. The van der Waals surface area contributed by atoms with Crippen LogP contribution in [0.15, 0.2) is 121 Å². The fraction of sp³-hybridized carbons (Fsp3) is 0.133.